The summed E-state index contributed by atoms with van der Waals surface area (Å²) in [5, 5.41) is 4.76. The number of benzene rings is 1. The predicted molar refractivity (Wildman–Crippen MR) is 85.8 cm³/mol. The van der Waals surface area contributed by atoms with Gasteiger partial charge in [-0.05, 0) is 24.5 Å². The van der Waals surface area contributed by atoms with Crippen molar-refractivity contribution >= 4 is 11.8 Å². The zero-order valence-electron chi connectivity index (χ0n) is 12.5. The first kappa shape index (κ1) is 14.5. The van der Waals surface area contributed by atoms with Gasteiger partial charge in [0.2, 0.25) is 0 Å². The Kier molecular flexibility index (Phi) is 4.22. The normalized spacial score (nSPS) is 18.5. The van der Waals surface area contributed by atoms with Gasteiger partial charge in [-0.2, -0.15) is 5.10 Å². The van der Waals surface area contributed by atoms with E-state index in [1.54, 1.807) is 13.3 Å². The first-order valence-corrected chi connectivity index (χ1v) is 8.22. The molecule has 0 fully saturated rings. The van der Waals surface area contributed by atoms with Crippen molar-refractivity contribution in [1.29, 1.82) is 0 Å². The van der Waals surface area contributed by atoms with Gasteiger partial charge in [-0.15, -0.1) is 11.8 Å². The van der Waals surface area contributed by atoms with Gasteiger partial charge in [0.05, 0.1) is 25.0 Å². The highest BCUT2D eigenvalue weighted by Crippen LogP contribution is 2.43. The van der Waals surface area contributed by atoms with E-state index >= 15 is 0 Å². The molecular weight excluding hydrogens is 282 g/mol. The monoisotopic (exact) mass is 303 g/mol. The fraction of sp³-hybridized carbons (Fsp3) is 0.438. The van der Waals surface area contributed by atoms with Crippen molar-refractivity contribution in [3.63, 3.8) is 0 Å². The molecule has 2 N–H and O–H groups in total. The van der Waals surface area contributed by atoms with E-state index in [9.17, 15) is 0 Å². The summed E-state index contributed by atoms with van der Waals surface area (Å²) in [5.41, 5.74) is 8.98. The summed E-state index contributed by atoms with van der Waals surface area (Å²) in [6.45, 7) is 3.01. The Morgan fingerprint density at radius 3 is 3.00 bits per heavy atom. The lowest BCUT2D eigenvalue weighted by Crippen LogP contribution is -2.27. The third-order valence-corrected chi connectivity index (χ3v) is 5.30. The molecule has 0 saturated heterocycles. The van der Waals surface area contributed by atoms with E-state index in [0.717, 1.165) is 30.8 Å². The first-order chi connectivity index (χ1) is 10.2. The molecule has 0 radical (unpaired) electrons. The van der Waals surface area contributed by atoms with Gasteiger partial charge >= 0.3 is 0 Å². The Hall–Kier alpha value is -1.46. The minimum Gasteiger partial charge on any atom is -0.493 e. The lowest BCUT2D eigenvalue weighted by atomic mass is 10.0. The average Bonchev–Trinajstić information content (AvgIpc) is 3.10. The number of nitrogens with two attached hydrogens (primary N) is 1. The molecule has 1 aromatic carbocycles. The Labute approximate surface area is 129 Å². The molecule has 2 atom stereocenters. The maximum absolute atomic E-state index is 6.57. The van der Waals surface area contributed by atoms with Crippen molar-refractivity contribution in [3.8, 4) is 5.75 Å². The highest BCUT2D eigenvalue weighted by molar-refractivity contribution is 8.00. The standard InChI is InChI=1S/C16H21N3OS/c1-3-8-19-16(12(20-2)10-18-19)15(17)14-9-11-6-4-5-7-13(11)21-14/h4-7,10,14-15H,3,8-9,17H2,1-2H3. The van der Waals surface area contributed by atoms with Crippen molar-refractivity contribution in [2.75, 3.05) is 7.11 Å². The van der Waals surface area contributed by atoms with Crippen LogP contribution in [0.5, 0.6) is 5.75 Å². The van der Waals surface area contributed by atoms with Gasteiger partial charge in [-0.1, -0.05) is 25.1 Å². The van der Waals surface area contributed by atoms with Gasteiger partial charge in [0.25, 0.3) is 0 Å². The van der Waals surface area contributed by atoms with E-state index in [0.29, 0.717) is 5.25 Å². The topological polar surface area (TPSA) is 53.1 Å². The van der Waals surface area contributed by atoms with Gasteiger partial charge in [0.15, 0.2) is 5.75 Å². The van der Waals surface area contributed by atoms with E-state index in [2.05, 4.69) is 36.3 Å². The lowest BCUT2D eigenvalue weighted by Gasteiger charge is -2.20. The molecule has 2 heterocycles. The Morgan fingerprint density at radius 2 is 2.29 bits per heavy atom. The maximum atomic E-state index is 6.57. The second kappa shape index (κ2) is 6.12. The van der Waals surface area contributed by atoms with Crippen LogP contribution < -0.4 is 10.5 Å². The van der Waals surface area contributed by atoms with Crippen LogP contribution in [-0.4, -0.2) is 22.1 Å². The van der Waals surface area contributed by atoms with Crippen LogP contribution in [-0.2, 0) is 13.0 Å². The largest absolute Gasteiger partial charge is 0.493 e. The van der Waals surface area contributed by atoms with Gasteiger partial charge in [0.1, 0.15) is 0 Å². The number of hydrogen-bond donors (Lipinski definition) is 1. The van der Waals surface area contributed by atoms with Gasteiger partial charge in [-0.25, -0.2) is 0 Å². The van der Waals surface area contributed by atoms with Crippen LogP contribution >= 0.6 is 11.8 Å². The third-order valence-electron chi connectivity index (χ3n) is 3.89. The molecule has 5 heteroatoms. The fourth-order valence-corrected chi connectivity index (χ4v) is 4.17. The van der Waals surface area contributed by atoms with Crippen molar-refractivity contribution in [2.45, 2.75) is 42.5 Å². The Balaban J connectivity index is 1.86. The summed E-state index contributed by atoms with van der Waals surface area (Å²) in [6.07, 6.45) is 3.81. The molecule has 2 aromatic rings. The van der Waals surface area contributed by atoms with Crippen LogP contribution in [0.4, 0.5) is 0 Å². The van der Waals surface area contributed by atoms with E-state index in [1.165, 1.54) is 10.5 Å². The summed E-state index contributed by atoms with van der Waals surface area (Å²) in [5.74, 6) is 0.799. The molecule has 0 saturated carbocycles. The molecule has 21 heavy (non-hydrogen) atoms. The second-order valence-corrected chi connectivity index (χ2v) is 6.60. The second-order valence-electron chi connectivity index (χ2n) is 5.32. The Bertz CT molecular complexity index is 601. The molecule has 2 unspecified atom stereocenters. The van der Waals surface area contributed by atoms with Crippen LogP contribution in [0.3, 0.4) is 0 Å². The van der Waals surface area contributed by atoms with Gasteiger partial charge < -0.3 is 10.5 Å². The summed E-state index contributed by atoms with van der Waals surface area (Å²) in [6, 6.07) is 8.46. The van der Waals surface area contributed by atoms with Crippen LogP contribution in [0.15, 0.2) is 35.4 Å². The molecule has 0 amide bonds. The summed E-state index contributed by atoms with van der Waals surface area (Å²) < 4.78 is 7.45. The van der Waals surface area contributed by atoms with Crippen molar-refractivity contribution in [1.82, 2.24) is 9.78 Å². The zero-order chi connectivity index (χ0) is 14.8. The van der Waals surface area contributed by atoms with E-state index < -0.39 is 0 Å². The number of hydrogen-bond acceptors (Lipinski definition) is 4. The minimum absolute atomic E-state index is 0.0774. The number of thioether (sulfide) groups is 1. The quantitative estimate of drug-likeness (QED) is 0.922. The number of fused-ring (bicyclic) bond motifs is 1. The van der Waals surface area contributed by atoms with Crippen LogP contribution in [0, 0.1) is 0 Å². The van der Waals surface area contributed by atoms with E-state index in [1.807, 2.05) is 16.4 Å². The average molecular weight is 303 g/mol. The van der Waals surface area contributed by atoms with Gasteiger partial charge in [0, 0.05) is 16.7 Å². The minimum atomic E-state index is -0.0774. The number of aromatic nitrogens is 2. The molecule has 4 nitrogen and oxygen atoms in total. The molecule has 1 aliphatic heterocycles. The first-order valence-electron chi connectivity index (χ1n) is 7.34. The third kappa shape index (κ3) is 2.68. The summed E-state index contributed by atoms with van der Waals surface area (Å²) in [4.78, 5) is 1.35. The highest BCUT2D eigenvalue weighted by Gasteiger charge is 2.32. The summed E-state index contributed by atoms with van der Waals surface area (Å²) in [7, 11) is 1.68. The lowest BCUT2D eigenvalue weighted by molar-refractivity contribution is 0.399. The number of ether oxygens (including phenoxy) is 1. The van der Waals surface area contributed by atoms with E-state index in [4.69, 9.17) is 10.5 Å². The number of methoxy groups -OCH3 is 1. The van der Waals surface area contributed by atoms with Gasteiger partial charge in [-0.3, -0.25) is 4.68 Å². The number of nitrogens with zero attached hydrogens (tertiary/aromatic N) is 2. The molecule has 3 rings (SSSR count). The van der Waals surface area contributed by atoms with Crippen LogP contribution in [0.2, 0.25) is 0 Å². The van der Waals surface area contributed by atoms with Crippen LogP contribution in [0.1, 0.15) is 30.6 Å². The Morgan fingerprint density at radius 1 is 1.48 bits per heavy atom. The molecule has 112 valence electrons. The van der Waals surface area contributed by atoms with Crippen molar-refractivity contribution in [2.24, 2.45) is 5.73 Å². The smallest absolute Gasteiger partial charge is 0.161 e. The predicted octanol–water partition coefficient (Wildman–Crippen LogP) is 3.02. The molecule has 1 aromatic heterocycles. The molecule has 0 bridgehead atoms. The van der Waals surface area contributed by atoms with Crippen molar-refractivity contribution < 1.29 is 4.74 Å². The number of aryl methyl sites for hydroxylation is 1. The molecular formula is C16H21N3OS. The molecule has 1 aliphatic rings. The summed E-state index contributed by atoms with van der Waals surface area (Å²) >= 11 is 1.87. The molecule has 0 aliphatic carbocycles. The van der Waals surface area contributed by atoms with Crippen LogP contribution in [0.25, 0.3) is 0 Å². The zero-order valence-corrected chi connectivity index (χ0v) is 13.3. The fourth-order valence-electron chi connectivity index (χ4n) is 2.85. The van der Waals surface area contributed by atoms with E-state index in [-0.39, 0.29) is 6.04 Å². The van der Waals surface area contributed by atoms with Crippen molar-refractivity contribution in [3.05, 3.63) is 41.7 Å². The number of rotatable bonds is 5. The highest BCUT2D eigenvalue weighted by atomic mass is 32.2. The maximum Gasteiger partial charge on any atom is 0.161 e. The SMILES string of the molecule is CCCn1ncc(OC)c1C(N)C1Cc2ccccc2S1. The molecule has 0 spiro atoms.